The second-order valence-electron chi connectivity index (χ2n) is 7.51. The fraction of sp³-hybridized carbons (Fsp3) is 0.700. The summed E-state index contributed by atoms with van der Waals surface area (Å²) in [5.41, 5.74) is 5.13. The van der Waals surface area contributed by atoms with Gasteiger partial charge < -0.3 is 5.32 Å². The molecule has 1 nitrogen and oxygen atoms in total. The Bertz CT molecular complexity index is 447. The highest BCUT2D eigenvalue weighted by molar-refractivity contribution is 5.36. The number of nitrogens with one attached hydrogen (secondary N) is 1. The van der Waals surface area contributed by atoms with E-state index in [0.717, 1.165) is 6.54 Å². The summed E-state index contributed by atoms with van der Waals surface area (Å²) in [4.78, 5) is 0. The van der Waals surface area contributed by atoms with Gasteiger partial charge in [0.1, 0.15) is 0 Å². The number of unbranched alkanes of at least 4 members (excludes halogenated alkanes) is 1. The lowest BCUT2D eigenvalue weighted by Gasteiger charge is -2.28. The second kappa shape index (κ2) is 7.45. The number of aryl methyl sites for hydroxylation is 2. The van der Waals surface area contributed by atoms with Crippen LogP contribution in [0.2, 0.25) is 0 Å². The molecule has 0 saturated carbocycles. The molecule has 1 aliphatic carbocycles. The molecule has 21 heavy (non-hydrogen) atoms. The lowest BCUT2D eigenvalue weighted by Crippen LogP contribution is -2.26. The standard InChI is InChI=1S/C20H33N/c1-5-7-8-16-9-10-17-11-12-20(3,4)15-19(18(17)14-16)21-13-6-2/h9-10,14,19,21H,5-8,11-13,15H2,1-4H3. The summed E-state index contributed by atoms with van der Waals surface area (Å²) in [6.07, 6.45) is 8.82. The van der Waals surface area contributed by atoms with Crippen molar-refractivity contribution in [2.75, 3.05) is 6.54 Å². The highest BCUT2D eigenvalue weighted by Crippen LogP contribution is 2.39. The van der Waals surface area contributed by atoms with E-state index < -0.39 is 0 Å². The van der Waals surface area contributed by atoms with Crippen molar-refractivity contribution in [3.05, 3.63) is 34.9 Å². The van der Waals surface area contributed by atoms with Crippen molar-refractivity contribution in [2.24, 2.45) is 5.41 Å². The van der Waals surface area contributed by atoms with Crippen LogP contribution in [0.15, 0.2) is 18.2 Å². The smallest absolute Gasteiger partial charge is 0.0328 e. The van der Waals surface area contributed by atoms with Gasteiger partial charge in [0.05, 0.1) is 0 Å². The maximum atomic E-state index is 3.81. The van der Waals surface area contributed by atoms with E-state index in [1.807, 2.05) is 0 Å². The fourth-order valence-corrected chi connectivity index (χ4v) is 3.47. The Hall–Kier alpha value is -0.820. The first kappa shape index (κ1) is 16.5. The molecule has 1 aromatic rings. The molecule has 0 saturated heterocycles. The van der Waals surface area contributed by atoms with E-state index in [4.69, 9.17) is 0 Å². The van der Waals surface area contributed by atoms with Crippen LogP contribution in [0, 0.1) is 5.41 Å². The van der Waals surface area contributed by atoms with Gasteiger partial charge in [-0.2, -0.15) is 0 Å². The average molecular weight is 287 g/mol. The maximum Gasteiger partial charge on any atom is 0.0328 e. The van der Waals surface area contributed by atoms with Crippen LogP contribution in [-0.2, 0) is 12.8 Å². The van der Waals surface area contributed by atoms with Crippen LogP contribution in [-0.4, -0.2) is 6.54 Å². The zero-order valence-corrected chi connectivity index (χ0v) is 14.5. The molecule has 0 aromatic heterocycles. The maximum absolute atomic E-state index is 3.81. The Morgan fingerprint density at radius 3 is 2.71 bits per heavy atom. The molecular formula is C20H33N. The van der Waals surface area contributed by atoms with Gasteiger partial charge in [0.2, 0.25) is 0 Å². The normalized spacial score (nSPS) is 20.9. The molecule has 1 aromatic carbocycles. The molecule has 118 valence electrons. The number of hydrogen-bond acceptors (Lipinski definition) is 1. The van der Waals surface area contributed by atoms with Crippen LogP contribution >= 0.6 is 0 Å². The van der Waals surface area contributed by atoms with Crippen LogP contribution in [0.5, 0.6) is 0 Å². The third kappa shape index (κ3) is 4.57. The van der Waals surface area contributed by atoms with Gasteiger partial charge in [0.25, 0.3) is 0 Å². The second-order valence-corrected chi connectivity index (χ2v) is 7.51. The van der Waals surface area contributed by atoms with Crippen molar-refractivity contribution in [3.8, 4) is 0 Å². The molecule has 1 aliphatic rings. The van der Waals surface area contributed by atoms with E-state index in [-0.39, 0.29) is 0 Å². The lowest BCUT2D eigenvalue weighted by molar-refractivity contribution is 0.273. The quantitative estimate of drug-likeness (QED) is 0.688. The first-order valence-corrected chi connectivity index (χ1v) is 8.91. The van der Waals surface area contributed by atoms with E-state index in [1.54, 1.807) is 11.1 Å². The molecule has 1 unspecified atom stereocenters. The fourth-order valence-electron chi connectivity index (χ4n) is 3.47. The van der Waals surface area contributed by atoms with Crippen molar-refractivity contribution in [1.29, 1.82) is 0 Å². The Morgan fingerprint density at radius 2 is 2.00 bits per heavy atom. The number of rotatable bonds is 6. The highest BCUT2D eigenvalue weighted by Gasteiger charge is 2.29. The minimum Gasteiger partial charge on any atom is -0.310 e. The third-order valence-corrected chi connectivity index (χ3v) is 4.87. The van der Waals surface area contributed by atoms with E-state index in [9.17, 15) is 0 Å². The molecule has 1 atom stereocenters. The van der Waals surface area contributed by atoms with Crippen LogP contribution in [0.3, 0.4) is 0 Å². The van der Waals surface area contributed by atoms with Crippen LogP contribution in [0.25, 0.3) is 0 Å². The van der Waals surface area contributed by atoms with Gasteiger partial charge in [-0.3, -0.25) is 0 Å². The third-order valence-electron chi connectivity index (χ3n) is 4.87. The molecule has 1 heteroatoms. The highest BCUT2D eigenvalue weighted by atomic mass is 14.9. The van der Waals surface area contributed by atoms with Gasteiger partial charge in [-0.05, 0) is 67.2 Å². The molecule has 0 heterocycles. The van der Waals surface area contributed by atoms with Gasteiger partial charge in [0.15, 0.2) is 0 Å². The average Bonchev–Trinajstić information content (AvgIpc) is 2.59. The summed E-state index contributed by atoms with van der Waals surface area (Å²) in [7, 11) is 0. The largest absolute Gasteiger partial charge is 0.310 e. The Balaban J connectivity index is 2.26. The van der Waals surface area contributed by atoms with Crippen molar-refractivity contribution >= 4 is 0 Å². The van der Waals surface area contributed by atoms with E-state index in [0.29, 0.717) is 11.5 Å². The van der Waals surface area contributed by atoms with Crippen molar-refractivity contribution in [2.45, 2.75) is 78.7 Å². The van der Waals surface area contributed by atoms with Gasteiger partial charge in [0, 0.05) is 6.04 Å². The van der Waals surface area contributed by atoms with Gasteiger partial charge in [-0.1, -0.05) is 52.3 Å². The number of benzene rings is 1. The monoisotopic (exact) mass is 287 g/mol. The molecule has 1 N–H and O–H groups in total. The predicted molar refractivity (Wildman–Crippen MR) is 92.8 cm³/mol. The van der Waals surface area contributed by atoms with E-state index in [2.05, 4.69) is 51.2 Å². The first-order valence-electron chi connectivity index (χ1n) is 8.91. The molecule has 0 radical (unpaired) electrons. The SMILES string of the molecule is CCCCc1ccc2c(c1)C(NCCC)CC(C)(C)CC2. The molecule has 0 aliphatic heterocycles. The molecule has 0 amide bonds. The zero-order chi connectivity index (χ0) is 15.3. The van der Waals surface area contributed by atoms with Gasteiger partial charge in [-0.25, -0.2) is 0 Å². The predicted octanol–water partition coefficient (Wildman–Crippen LogP) is 5.43. The van der Waals surface area contributed by atoms with Crippen molar-refractivity contribution in [3.63, 3.8) is 0 Å². The summed E-state index contributed by atoms with van der Waals surface area (Å²) >= 11 is 0. The van der Waals surface area contributed by atoms with Crippen molar-refractivity contribution < 1.29 is 0 Å². The molecule has 0 spiro atoms. The molecule has 0 bridgehead atoms. The Labute approximate surface area is 131 Å². The Morgan fingerprint density at radius 1 is 1.19 bits per heavy atom. The van der Waals surface area contributed by atoms with Crippen LogP contribution < -0.4 is 5.32 Å². The van der Waals surface area contributed by atoms with Crippen LogP contribution in [0.1, 0.15) is 82.5 Å². The van der Waals surface area contributed by atoms with Crippen LogP contribution in [0.4, 0.5) is 0 Å². The minimum atomic E-state index is 0.439. The minimum absolute atomic E-state index is 0.439. The molecule has 0 fully saturated rings. The molecule has 2 rings (SSSR count). The lowest BCUT2D eigenvalue weighted by atomic mass is 9.83. The zero-order valence-electron chi connectivity index (χ0n) is 14.5. The molecular weight excluding hydrogens is 254 g/mol. The Kier molecular flexibility index (Phi) is 5.87. The van der Waals surface area contributed by atoms with Crippen molar-refractivity contribution in [1.82, 2.24) is 5.32 Å². The summed E-state index contributed by atoms with van der Waals surface area (Å²) in [5.74, 6) is 0. The summed E-state index contributed by atoms with van der Waals surface area (Å²) in [6, 6.07) is 7.81. The topological polar surface area (TPSA) is 12.0 Å². The van der Waals surface area contributed by atoms with Gasteiger partial charge in [-0.15, -0.1) is 0 Å². The summed E-state index contributed by atoms with van der Waals surface area (Å²) in [5, 5.41) is 3.81. The number of hydrogen-bond donors (Lipinski definition) is 1. The van der Waals surface area contributed by atoms with E-state index in [1.165, 1.54) is 50.5 Å². The first-order chi connectivity index (χ1) is 10.1. The van der Waals surface area contributed by atoms with E-state index >= 15 is 0 Å². The summed E-state index contributed by atoms with van der Waals surface area (Å²) < 4.78 is 0. The summed E-state index contributed by atoms with van der Waals surface area (Å²) in [6.45, 7) is 10.5. The van der Waals surface area contributed by atoms with Gasteiger partial charge >= 0.3 is 0 Å². The number of fused-ring (bicyclic) bond motifs is 1.